The molecule has 1 aromatic carbocycles. The molecule has 3 heterocycles. The summed E-state index contributed by atoms with van der Waals surface area (Å²) in [6, 6.07) is 9.78. The fourth-order valence-electron chi connectivity index (χ4n) is 3.87. The van der Waals surface area contributed by atoms with E-state index in [0.717, 1.165) is 43.9 Å². The van der Waals surface area contributed by atoms with Gasteiger partial charge in [-0.25, -0.2) is 4.98 Å². The zero-order chi connectivity index (χ0) is 19.8. The summed E-state index contributed by atoms with van der Waals surface area (Å²) >= 11 is 0. The molecule has 0 unspecified atom stereocenters. The highest BCUT2D eigenvalue weighted by Crippen LogP contribution is 2.30. The normalized spacial score (nSPS) is 16.8. The van der Waals surface area contributed by atoms with E-state index >= 15 is 0 Å². The van der Waals surface area contributed by atoms with Gasteiger partial charge in [0.1, 0.15) is 6.07 Å². The lowest BCUT2D eigenvalue weighted by atomic mass is 10.2. The lowest BCUT2D eigenvalue weighted by molar-refractivity contribution is 0.602. The molecule has 0 N–H and O–H groups in total. The highest BCUT2D eigenvalue weighted by atomic mass is 16.1. The number of aromatic nitrogens is 4. The first-order valence-corrected chi connectivity index (χ1v) is 9.94. The van der Waals surface area contributed by atoms with Crippen molar-refractivity contribution in [2.24, 2.45) is 5.92 Å². The van der Waals surface area contributed by atoms with Gasteiger partial charge in [-0.3, -0.25) is 9.36 Å². The number of anilines is 2. The van der Waals surface area contributed by atoms with Gasteiger partial charge in [-0.1, -0.05) is 0 Å². The van der Waals surface area contributed by atoms with Crippen LogP contribution in [0.3, 0.4) is 0 Å². The van der Waals surface area contributed by atoms with Crippen molar-refractivity contribution in [3.63, 3.8) is 0 Å². The van der Waals surface area contributed by atoms with Gasteiger partial charge in [0.05, 0.1) is 29.0 Å². The largest absolute Gasteiger partial charge is 0.368 e. The zero-order valence-electron chi connectivity index (χ0n) is 16.0. The van der Waals surface area contributed by atoms with Crippen LogP contribution in [0, 0.1) is 17.2 Å². The van der Waals surface area contributed by atoms with Crippen LogP contribution < -0.4 is 15.4 Å². The second-order valence-electron chi connectivity index (χ2n) is 7.70. The van der Waals surface area contributed by atoms with Crippen LogP contribution in [-0.2, 0) is 6.54 Å². The minimum atomic E-state index is 0.0463. The maximum Gasteiger partial charge on any atom is 0.261 e. The lowest BCUT2D eigenvalue weighted by Gasteiger charge is -2.36. The molecule has 8 heteroatoms. The Morgan fingerprint density at radius 1 is 1.10 bits per heavy atom. The van der Waals surface area contributed by atoms with Crippen LogP contribution in [0.15, 0.2) is 41.6 Å². The number of fused-ring (bicyclic) bond motifs is 1. The van der Waals surface area contributed by atoms with Crippen molar-refractivity contribution in [1.82, 2.24) is 19.7 Å². The van der Waals surface area contributed by atoms with Gasteiger partial charge in [0, 0.05) is 38.4 Å². The third kappa shape index (κ3) is 3.40. The summed E-state index contributed by atoms with van der Waals surface area (Å²) < 4.78 is 1.74. The molecule has 146 valence electrons. The molecule has 0 spiro atoms. The minimum Gasteiger partial charge on any atom is -0.368 e. The predicted octanol–water partition coefficient (Wildman–Crippen LogP) is 1.79. The summed E-state index contributed by atoms with van der Waals surface area (Å²) in [5, 5.41) is 18.0. The quantitative estimate of drug-likeness (QED) is 0.674. The standard InChI is InChI=1S/C21H21N7O/c22-12-16-5-6-24-25-20(16)27-9-7-26(8-10-27)17-3-4-18-19(11-17)23-14-28(21(18)29)13-15-1-2-15/h3-6,11,14-15H,1-2,7-10,13H2. The van der Waals surface area contributed by atoms with Crippen molar-refractivity contribution < 1.29 is 0 Å². The Kier molecular flexibility index (Phi) is 4.35. The topological polar surface area (TPSA) is 90.9 Å². The Morgan fingerprint density at radius 3 is 2.66 bits per heavy atom. The molecule has 0 bridgehead atoms. The van der Waals surface area contributed by atoms with Crippen molar-refractivity contribution in [3.8, 4) is 6.07 Å². The Balaban J connectivity index is 1.34. The smallest absolute Gasteiger partial charge is 0.261 e. The number of benzene rings is 1. The van der Waals surface area contributed by atoms with Crippen molar-refractivity contribution in [2.75, 3.05) is 36.0 Å². The number of rotatable bonds is 4. The molecule has 5 rings (SSSR count). The Labute approximate surface area is 168 Å². The molecule has 29 heavy (non-hydrogen) atoms. The monoisotopic (exact) mass is 387 g/mol. The van der Waals surface area contributed by atoms with Crippen LogP contribution in [0.25, 0.3) is 10.9 Å². The Hall–Kier alpha value is -3.47. The van der Waals surface area contributed by atoms with Crippen LogP contribution in [0.2, 0.25) is 0 Å². The van der Waals surface area contributed by atoms with E-state index in [0.29, 0.717) is 22.7 Å². The summed E-state index contributed by atoms with van der Waals surface area (Å²) in [6.45, 7) is 3.87. The molecule has 1 aliphatic heterocycles. The molecule has 0 atom stereocenters. The fraction of sp³-hybridized carbons (Fsp3) is 0.381. The summed E-state index contributed by atoms with van der Waals surface area (Å²) in [4.78, 5) is 21.6. The van der Waals surface area contributed by atoms with E-state index in [-0.39, 0.29) is 5.56 Å². The molecule has 0 radical (unpaired) electrons. The molecular weight excluding hydrogens is 366 g/mol. The zero-order valence-corrected chi connectivity index (χ0v) is 16.0. The van der Waals surface area contributed by atoms with E-state index in [1.54, 1.807) is 23.2 Å². The summed E-state index contributed by atoms with van der Waals surface area (Å²) in [7, 11) is 0. The summed E-state index contributed by atoms with van der Waals surface area (Å²) in [5.74, 6) is 1.28. The highest BCUT2D eigenvalue weighted by molar-refractivity contribution is 5.81. The lowest BCUT2D eigenvalue weighted by Crippen LogP contribution is -2.47. The van der Waals surface area contributed by atoms with Crippen LogP contribution in [0.4, 0.5) is 11.5 Å². The average Bonchev–Trinajstić information content (AvgIpc) is 3.60. The highest BCUT2D eigenvalue weighted by Gasteiger charge is 2.23. The van der Waals surface area contributed by atoms with E-state index in [9.17, 15) is 10.1 Å². The van der Waals surface area contributed by atoms with Crippen LogP contribution >= 0.6 is 0 Å². The molecule has 2 aliphatic rings. The molecule has 8 nitrogen and oxygen atoms in total. The molecule has 1 saturated carbocycles. The van der Waals surface area contributed by atoms with Gasteiger partial charge in [-0.2, -0.15) is 10.4 Å². The van der Waals surface area contributed by atoms with E-state index in [1.807, 2.05) is 18.2 Å². The van der Waals surface area contributed by atoms with Crippen molar-refractivity contribution in [3.05, 3.63) is 52.7 Å². The third-order valence-corrected chi connectivity index (χ3v) is 5.73. The van der Waals surface area contributed by atoms with E-state index in [4.69, 9.17) is 0 Å². The number of piperazine rings is 1. The third-order valence-electron chi connectivity index (χ3n) is 5.73. The number of hydrogen-bond donors (Lipinski definition) is 0. The maximum atomic E-state index is 12.7. The molecule has 2 aromatic heterocycles. The summed E-state index contributed by atoms with van der Waals surface area (Å²) in [6.07, 6.45) is 5.64. The van der Waals surface area contributed by atoms with Crippen molar-refractivity contribution in [2.45, 2.75) is 19.4 Å². The van der Waals surface area contributed by atoms with E-state index in [2.05, 4.69) is 31.1 Å². The van der Waals surface area contributed by atoms with E-state index in [1.165, 1.54) is 12.8 Å². The molecule has 1 aliphatic carbocycles. The Morgan fingerprint density at radius 2 is 1.90 bits per heavy atom. The number of hydrogen-bond acceptors (Lipinski definition) is 7. The predicted molar refractivity (Wildman–Crippen MR) is 110 cm³/mol. The van der Waals surface area contributed by atoms with Gasteiger partial charge in [0.2, 0.25) is 0 Å². The first-order valence-electron chi connectivity index (χ1n) is 9.94. The average molecular weight is 387 g/mol. The molecule has 0 amide bonds. The van der Waals surface area contributed by atoms with Gasteiger partial charge >= 0.3 is 0 Å². The van der Waals surface area contributed by atoms with Gasteiger partial charge in [0.25, 0.3) is 5.56 Å². The molecule has 1 saturated heterocycles. The van der Waals surface area contributed by atoms with E-state index < -0.39 is 0 Å². The SMILES string of the molecule is N#Cc1ccnnc1N1CCN(c2ccc3c(=O)n(CC4CC4)cnc3c2)CC1. The van der Waals surface area contributed by atoms with Gasteiger partial charge < -0.3 is 9.80 Å². The molecule has 3 aromatic rings. The second kappa shape index (κ2) is 7.17. The number of nitrogens with zero attached hydrogens (tertiary/aromatic N) is 7. The van der Waals surface area contributed by atoms with Crippen LogP contribution in [0.5, 0.6) is 0 Å². The van der Waals surface area contributed by atoms with Crippen molar-refractivity contribution in [1.29, 1.82) is 5.26 Å². The minimum absolute atomic E-state index is 0.0463. The second-order valence-corrected chi connectivity index (χ2v) is 7.70. The Bertz CT molecular complexity index is 1150. The maximum absolute atomic E-state index is 12.7. The molecular formula is C21H21N7O. The molecule has 2 fully saturated rings. The van der Waals surface area contributed by atoms with Gasteiger partial charge in [-0.05, 0) is 43.0 Å². The van der Waals surface area contributed by atoms with Crippen LogP contribution in [-0.4, -0.2) is 45.9 Å². The van der Waals surface area contributed by atoms with Gasteiger partial charge in [-0.15, -0.1) is 5.10 Å². The van der Waals surface area contributed by atoms with Crippen molar-refractivity contribution >= 4 is 22.4 Å². The first kappa shape index (κ1) is 17.6. The first-order chi connectivity index (χ1) is 14.2. The fourth-order valence-corrected chi connectivity index (χ4v) is 3.87. The van der Waals surface area contributed by atoms with Gasteiger partial charge in [0.15, 0.2) is 5.82 Å². The number of nitriles is 1. The summed E-state index contributed by atoms with van der Waals surface area (Å²) in [5.41, 5.74) is 2.39. The van der Waals surface area contributed by atoms with Crippen LogP contribution in [0.1, 0.15) is 18.4 Å².